The van der Waals surface area contributed by atoms with E-state index >= 15 is 4.39 Å². The monoisotopic (exact) mass is 1130 g/mol. The molecule has 8 heterocycles. The van der Waals surface area contributed by atoms with Gasteiger partial charge in [-0.25, -0.2) is 4.39 Å². The lowest BCUT2D eigenvalue weighted by atomic mass is 9.91. The number of aromatic nitrogens is 5. The first-order valence-corrected chi connectivity index (χ1v) is 29.5. The fraction of sp³-hybridized carbons (Fsp3) is 0.469. The third kappa shape index (κ3) is 12.8. The van der Waals surface area contributed by atoms with Gasteiger partial charge in [-0.3, -0.25) is 24.7 Å². The molecule has 0 radical (unpaired) electrons. The molecule has 0 spiro atoms. The number of rotatable bonds is 18. The van der Waals surface area contributed by atoms with Crippen LogP contribution in [0.25, 0.3) is 39.9 Å². The molecule has 18 nitrogen and oxygen atoms in total. The van der Waals surface area contributed by atoms with Crippen molar-refractivity contribution in [1.82, 2.24) is 45.7 Å². The summed E-state index contributed by atoms with van der Waals surface area (Å²) in [6.07, 6.45) is 16.3. The fourth-order valence-corrected chi connectivity index (χ4v) is 12.1. The van der Waals surface area contributed by atoms with Gasteiger partial charge in [0.2, 0.25) is 12.3 Å². The Morgan fingerprint density at radius 2 is 1.78 bits per heavy atom. The van der Waals surface area contributed by atoms with Crippen molar-refractivity contribution in [3.8, 4) is 17.1 Å². The highest BCUT2D eigenvalue weighted by Gasteiger charge is 2.40. The molecule has 3 aromatic carbocycles. The van der Waals surface area contributed by atoms with Gasteiger partial charge in [0.15, 0.2) is 0 Å². The smallest absolute Gasteiger partial charge is 0.319 e. The highest BCUT2D eigenvalue weighted by molar-refractivity contribution is 5.95. The van der Waals surface area contributed by atoms with E-state index in [1.54, 1.807) is 18.7 Å². The number of aliphatic hydroxyl groups excluding tert-OH is 1. The van der Waals surface area contributed by atoms with Crippen molar-refractivity contribution in [2.24, 2.45) is 22.2 Å². The lowest BCUT2D eigenvalue weighted by molar-refractivity contribution is -0.131. The second-order valence-electron chi connectivity index (χ2n) is 23.4. The number of nitrogens with one attached hydrogen (secondary N) is 3. The normalized spacial score (nSPS) is 22.1. The topological polar surface area (TPSA) is 208 Å². The average Bonchev–Trinajstić information content (AvgIpc) is 3.33. The number of allylic oxidation sites excluding steroid dienone is 2. The van der Waals surface area contributed by atoms with Crippen LogP contribution in [-0.2, 0) is 25.7 Å². The minimum atomic E-state index is -0.499. The molecule has 12 rings (SSSR count). The van der Waals surface area contributed by atoms with Crippen LogP contribution < -0.4 is 30.8 Å². The predicted molar refractivity (Wildman–Crippen MR) is 316 cm³/mol. The molecule has 4 N–H and O–H groups in total. The van der Waals surface area contributed by atoms with Crippen molar-refractivity contribution in [2.45, 2.75) is 135 Å². The number of anilines is 1. The van der Waals surface area contributed by atoms with Crippen LogP contribution >= 0.6 is 0 Å². The molecule has 2 bridgehead atoms. The van der Waals surface area contributed by atoms with E-state index in [4.69, 9.17) is 24.2 Å². The number of ether oxygens (including phenoxy) is 3. The molecular weight excluding hydrogens is 1050 g/mol. The van der Waals surface area contributed by atoms with Gasteiger partial charge in [-0.2, -0.15) is 20.2 Å². The van der Waals surface area contributed by atoms with Gasteiger partial charge < -0.3 is 39.8 Å². The van der Waals surface area contributed by atoms with Crippen molar-refractivity contribution in [2.75, 3.05) is 50.9 Å². The van der Waals surface area contributed by atoms with Crippen LogP contribution in [0.1, 0.15) is 118 Å². The molecule has 5 fully saturated rings. The van der Waals surface area contributed by atoms with E-state index in [1.165, 1.54) is 11.0 Å². The molecule has 83 heavy (non-hydrogen) atoms. The minimum Gasteiger partial charge on any atom is -0.494 e. The number of benzene rings is 3. The zero-order valence-corrected chi connectivity index (χ0v) is 48.4. The maximum atomic E-state index is 15.4. The van der Waals surface area contributed by atoms with Crippen LogP contribution in [0.4, 0.5) is 10.2 Å². The number of halogens is 1. The standard InChI is InChI=1S/C44H54FN9O3.C20H23N3O3/c1-25(2)28(5)54-22-40(51-52-54)31-8-6-29(7-9-31)23-56-24-41-36(17-35(30-10-11-30)26(3)42-27(4)38(45)18-39-37(42)20-47-50-39)43(53-21-32-16-33(53)19-46-32)49-44(48-41)57-34-12-14-55-15-13-34;1-14-8-9-21-11-17(14)15-4-6-16(7-5-15)18(12-24)22-20(26)19-3-2-10-23(19)13-25/h6-9,17-18,20,24-25,28,30,32-34,40,46H,10-16,19,21-23H2,1-5H3,(H,47,50);4-9,11,13,18-19,24H,2-3,10,12H2,1H3,(H,22,26)/b35-26-,36-17+,41-24-;. The number of hydrogen-bond acceptors (Lipinski definition) is 15. The number of piperazine rings is 1. The number of hydrogen-bond donors (Lipinski definition) is 4. The van der Waals surface area contributed by atoms with E-state index in [9.17, 15) is 14.7 Å². The van der Waals surface area contributed by atoms with E-state index in [0.29, 0.717) is 85.2 Å². The van der Waals surface area contributed by atoms with Gasteiger partial charge in [0.25, 0.3) is 0 Å². The summed E-state index contributed by atoms with van der Waals surface area (Å²) >= 11 is 0. The molecule has 2 amide bonds. The Bertz CT molecular complexity index is 3470. The largest absolute Gasteiger partial charge is 0.494 e. The number of nitrogens with zero attached hydrogens (tertiary/aromatic N) is 9. The summed E-state index contributed by atoms with van der Waals surface area (Å²) in [5.74, 6) is 1.22. The minimum absolute atomic E-state index is 0.0217. The molecule has 6 unspecified atom stereocenters. The van der Waals surface area contributed by atoms with Gasteiger partial charge in [0, 0.05) is 79.2 Å². The molecular formula is C64H77FN12O6. The van der Waals surface area contributed by atoms with Gasteiger partial charge in [-0.1, -0.05) is 67.6 Å². The van der Waals surface area contributed by atoms with Crippen LogP contribution in [0.5, 0.6) is 6.01 Å². The highest BCUT2D eigenvalue weighted by atomic mass is 19.1. The first-order chi connectivity index (χ1) is 40.3. The SMILES string of the molecule is C\C(=C(/C=c1/c(N2CC3CC2CN3)nc(OC2CCOCC2)n/c1=C\OCc1ccc(C2CN(C(C)C(C)C)N=N2)cc1)C1CC1)c1c(C)c(F)cc2[nH]ncc12.Cc1ccncc1-c1ccc(C(CO)NC(=O)C2CCCN2C=O)cc1. The number of carbonyl (C=O) groups excluding carboxylic acids is 2. The van der Waals surface area contributed by atoms with Crippen molar-refractivity contribution >= 4 is 46.9 Å². The summed E-state index contributed by atoms with van der Waals surface area (Å²) in [6, 6.07) is 20.2. The van der Waals surface area contributed by atoms with E-state index in [1.807, 2.05) is 50.4 Å². The third-order valence-electron chi connectivity index (χ3n) is 17.6. The number of likely N-dealkylation sites (tertiary alicyclic amines) is 1. The van der Waals surface area contributed by atoms with Crippen LogP contribution in [-0.4, -0.2) is 129 Å². The highest BCUT2D eigenvalue weighted by Crippen LogP contribution is 2.43. The summed E-state index contributed by atoms with van der Waals surface area (Å²) in [5.41, 5.74) is 10.6. The lowest BCUT2D eigenvalue weighted by Crippen LogP contribution is -2.48. The molecule has 3 aromatic heterocycles. The first-order valence-electron chi connectivity index (χ1n) is 29.5. The number of aliphatic hydroxyl groups is 1. The van der Waals surface area contributed by atoms with Crippen molar-refractivity contribution < 1.29 is 33.3 Å². The van der Waals surface area contributed by atoms with Crippen molar-refractivity contribution in [1.29, 1.82) is 0 Å². The van der Waals surface area contributed by atoms with Gasteiger partial charge >= 0.3 is 6.01 Å². The Balaban J connectivity index is 0.000000232. The van der Waals surface area contributed by atoms with Gasteiger partial charge in [0.1, 0.15) is 48.0 Å². The number of carbonyl (C=O) groups is 2. The number of fused-ring (bicyclic) bond motifs is 3. The molecule has 6 aromatic rings. The van der Waals surface area contributed by atoms with Crippen LogP contribution in [0.3, 0.4) is 0 Å². The summed E-state index contributed by atoms with van der Waals surface area (Å²) in [7, 11) is 0. The van der Waals surface area contributed by atoms with E-state index < -0.39 is 12.1 Å². The summed E-state index contributed by atoms with van der Waals surface area (Å²) in [6.45, 7) is 17.2. The third-order valence-corrected chi connectivity index (χ3v) is 17.6. The second kappa shape index (κ2) is 25.5. The van der Waals surface area contributed by atoms with Crippen LogP contribution in [0.2, 0.25) is 0 Å². The average molecular weight is 1130 g/mol. The Hall–Kier alpha value is -7.61. The molecule has 4 saturated heterocycles. The van der Waals surface area contributed by atoms with E-state index in [2.05, 4.69) is 104 Å². The molecule has 19 heteroatoms. The van der Waals surface area contributed by atoms with Gasteiger partial charge in [-0.05, 0) is 140 Å². The maximum Gasteiger partial charge on any atom is 0.319 e. The Morgan fingerprint density at radius 1 is 0.988 bits per heavy atom. The van der Waals surface area contributed by atoms with Crippen molar-refractivity contribution in [3.05, 3.63) is 135 Å². The van der Waals surface area contributed by atoms with Crippen LogP contribution in [0.15, 0.2) is 95.2 Å². The molecule has 1 saturated carbocycles. The van der Waals surface area contributed by atoms with Crippen molar-refractivity contribution in [3.63, 3.8) is 0 Å². The number of H-pyrrole nitrogens is 1. The zero-order chi connectivity index (χ0) is 57.7. The number of aromatic amines is 1. The quantitative estimate of drug-likeness (QED) is 0.0601. The summed E-state index contributed by atoms with van der Waals surface area (Å²) < 4.78 is 34.0. The predicted octanol–water partition coefficient (Wildman–Crippen LogP) is 8.12. The fourth-order valence-electron chi connectivity index (χ4n) is 12.1. The second-order valence-corrected chi connectivity index (χ2v) is 23.4. The van der Waals surface area contributed by atoms with Crippen LogP contribution in [0, 0.1) is 31.5 Å². The number of amides is 2. The zero-order valence-electron chi connectivity index (χ0n) is 48.4. The van der Waals surface area contributed by atoms with Gasteiger partial charge in [-0.15, -0.1) is 0 Å². The molecule has 1 aliphatic carbocycles. The summed E-state index contributed by atoms with van der Waals surface area (Å²) in [4.78, 5) is 41.9. The molecule has 436 valence electrons. The number of aryl methyl sites for hydroxylation is 1. The van der Waals surface area contributed by atoms with E-state index in [0.717, 1.165) is 131 Å². The molecule has 6 aliphatic rings. The van der Waals surface area contributed by atoms with E-state index in [-0.39, 0.29) is 30.5 Å². The number of pyridine rings is 1. The maximum absolute atomic E-state index is 15.4. The Kier molecular flexibility index (Phi) is 17.6. The first kappa shape index (κ1) is 57.2. The Morgan fingerprint density at radius 3 is 2.48 bits per heavy atom. The lowest BCUT2D eigenvalue weighted by Gasteiger charge is -2.29. The molecule has 6 atom stereocenters. The molecule has 5 aliphatic heterocycles. The summed E-state index contributed by atoms with van der Waals surface area (Å²) in [5, 5.41) is 37.1. The Labute approximate surface area is 484 Å². The van der Waals surface area contributed by atoms with Gasteiger partial charge in [0.05, 0.1) is 44.1 Å².